The van der Waals surface area contributed by atoms with Gasteiger partial charge in [0, 0.05) is 24.5 Å². The monoisotopic (exact) mass is 334 g/mol. The van der Waals surface area contributed by atoms with E-state index in [2.05, 4.69) is 10.4 Å². The minimum absolute atomic E-state index is 0.0562. The summed E-state index contributed by atoms with van der Waals surface area (Å²) >= 11 is 5.91. The predicted molar refractivity (Wildman–Crippen MR) is 87.3 cm³/mol. The predicted octanol–water partition coefficient (Wildman–Crippen LogP) is 1.74. The van der Waals surface area contributed by atoms with Gasteiger partial charge in [-0.2, -0.15) is 5.10 Å². The summed E-state index contributed by atoms with van der Waals surface area (Å²) in [5.74, 6) is 0.551. The van der Waals surface area contributed by atoms with Crippen molar-refractivity contribution in [2.45, 2.75) is 45.3 Å². The summed E-state index contributed by atoms with van der Waals surface area (Å²) in [5.41, 5.74) is 0.721. The van der Waals surface area contributed by atoms with Crippen LogP contribution in [0.1, 0.15) is 30.7 Å². The number of aromatic nitrogens is 3. The number of fused-ring (bicyclic) bond motifs is 1. The maximum atomic E-state index is 12.3. The van der Waals surface area contributed by atoms with Gasteiger partial charge in [0.2, 0.25) is 5.91 Å². The number of halogens is 1. The Hall–Kier alpha value is -2.08. The number of nitrogens with one attached hydrogen (secondary N) is 1. The fraction of sp³-hybridized carbons (Fsp3) is 0.438. The first-order valence-corrected chi connectivity index (χ1v) is 8.19. The maximum absolute atomic E-state index is 12.3. The van der Waals surface area contributed by atoms with Gasteiger partial charge in [0.05, 0.1) is 0 Å². The number of rotatable bonds is 4. The lowest BCUT2D eigenvalue weighted by atomic mass is 10.2. The highest BCUT2D eigenvalue weighted by molar-refractivity contribution is 6.30. The Balaban J connectivity index is 1.63. The molecule has 0 fully saturated rings. The molecule has 0 atom stereocenters. The number of carbonyl (C=O) groups excluding carboxylic acids is 1. The fourth-order valence-electron chi connectivity index (χ4n) is 2.77. The van der Waals surface area contributed by atoms with Crippen LogP contribution in [0.25, 0.3) is 0 Å². The molecule has 0 spiro atoms. The molecule has 0 bridgehead atoms. The van der Waals surface area contributed by atoms with Gasteiger partial charge in [-0.05, 0) is 30.5 Å². The Morgan fingerprint density at radius 3 is 3.00 bits per heavy atom. The van der Waals surface area contributed by atoms with Gasteiger partial charge in [-0.15, -0.1) is 0 Å². The van der Waals surface area contributed by atoms with Crippen LogP contribution in [0.4, 0.5) is 0 Å². The van der Waals surface area contributed by atoms with Gasteiger partial charge < -0.3 is 5.32 Å². The molecule has 0 aliphatic carbocycles. The molecule has 7 heteroatoms. The van der Waals surface area contributed by atoms with E-state index in [1.165, 1.54) is 4.68 Å². The first-order valence-electron chi connectivity index (χ1n) is 7.81. The van der Waals surface area contributed by atoms with Gasteiger partial charge in [0.25, 0.3) is 0 Å². The van der Waals surface area contributed by atoms with Crippen LogP contribution in [0, 0.1) is 0 Å². The topological polar surface area (TPSA) is 68.9 Å². The van der Waals surface area contributed by atoms with Gasteiger partial charge in [-0.1, -0.05) is 30.2 Å². The molecular formula is C16H19ClN4O2. The second-order valence-corrected chi connectivity index (χ2v) is 6.16. The van der Waals surface area contributed by atoms with E-state index in [4.69, 9.17) is 11.6 Å². The van der Waals surface area contributed by atoms with Gasteiger partial charge in [0.15, 0.2) is 0 Å². The van der Waals surface area contributed by atoms with Gasteiger partial charge in [-0.25, -0.2) is 9.48 Å². The Kier molecular flexibility index (Phi) is 4.81. The number of aryl methyl sites for hydroxylation is 1. The van der Waals surface area contributed by atoms with Crippen LogP contribution < -0.4 is 11.0 Å². The van der Waals surface area contributed by atoms with Crippen LogP contribution in [-0.2, 0) is 30.8 Å². The second-order valence-electron chi connectivity index (χ2n) is 5.73. The second kappa shape index (κ2) is 7.00. The summed E-state index contributed by atoms with van der Waals surface area (Å²) in [5, 5.41) is 7.72. The van der Waals surface area contributed by atoms with Crippen molar-refractivity contribution in [3.63, 3.8) is 0 Å². The minimum atomic E-state index is -0.236. The summed E-state index contributed by atoms with van der Waals surface area (Å²) in [6.45, 7) is 1.01. The summed E-state index contributed by atoms with van der Waals surface area (Å²) in [4.78, 5) is 24.3. The third-order valence-corrected chi connectivity index (χ3v) is 4.19. The summed E-state index contributed by atoms with van der Waals surface area (Å²) < 4.78 is 2.95. The van der Waals surface area contributed by atoms with E-state index in [9.17, 15) is 9.59 Å². The minimum Gasteiger partial charge on any atom is -0.350 e. The number of benzene rings is 1. The van der Waals surface area contributed by atoms with Crippen molar-refractivity contribution in [1.29, 1.82) is 0 Å². The zero-order chi connectivity index (χ0) is 16.2. The van der Waals surface area contributed by atoms with Crippen molar-refractivity contribution >= 4 is 17.5 Å². The average molecular weight is 335 g/mol. The summed E-state index contributed by atoms with van der Waals surface area (Å²) in [6.07, 6.45) is 3.94. The molecule has 1 aromatic carbocycles. The van der Waals surface area contributed by atoms with Crippen molar-refractivity contribution in [2.24, 2.45) is 0 Å². The molecule has 1 N–H and O–H groups in total. The van der Waals surface area contributed by atoms with Crippen molar-refractivity contribution in [2.75, 3.05) is 0 Å². The molecule has 1 amide bonds. The molecule has 0 saturated carbocycles. The van der Waals surface area contributed by atoms with E-state index in [-0.39, 0.29) is 18.1 Å². The summed E-state index contributed by atoms with van der Waals surface area (Å²) in [6, 6.07) is 7.30. The Morgan fingerprint density at radius 1 is 1.30 bits per heavy atom. The van der Waals surface area contributed by atoms with Crippen LogP contribution in [0.15, 0.2) is 29.1 Å². The molecule has 1 aliphatic rings. The largest absolute Gasteiger partial charge is 0.350 e. The van der Waals surface area contributed by atoms with Gasteiger partial charge in [0.1, 0.15) is 12.4 Å². The highest BCUT2D eigenvalue weighted by Crippen LogP contribution is 2.11. The van der Waals surface area contributed by atoms with Crippen LogP contribution in [0.2, 0.25) is 5.02 Å². The van der Waals surface area contributed by atoms with E-state index in [1.807, 2.05) is 12.1 Å². The zero-order valence-electron chi connectivity index (χ0n) is 12.8. The number of amides is 1. The quantitative estimate of drug-likeness (QED) is 0.926. The van der Waals surface area contributed by atoms with Crippen molar-refractivity contribution < 1.29 is 4.79 Å². The van der Waals surface area contributed by atoms with Crippen molar-refractivity contribution in [3.05, 3.63) is 51.2 Å². The molecule has 1 aromatic heterocycles. The lowest BCUT2D eigenvalue weighted by Gasteiger charge is -2.05. The molecule has 0 radical (unpaired) electrons. The smallest absolute Gasteiger partial charge is 0.346 e. The van der Waals surface area contributed by atoms with Crippen LogP contribution >= 0.6 is 11.6 Å². The zero-order valence-corrected chi connectivity index (χ0v) is 13.6. The van der Waals surface area contributed by atoms with Crippen LogP contribution in [-0.4, -0.2) is 20.3 Å². The molecule has 0 unspecified atom stereocenters. The van der Waals surface area contributed by atoms with Gasteiger partial charge in [-0.3, -0.25) is 9.36 Å². The normalized spacial score (nSPS) is 14.1. The highest BCUT2D eigenvalue weighted by Gasteiger charge is 2.17. The van der Waals surface area contributed by atoms with Gasteiger partial charge >= 0.3 is 5.69 Å². The molecule has 6 nitrogen and oxygen atoms in total. The molecule has 2 heterocycles. The molecule has 23 heavy (non-hydrogen) atoms. The third kappa shape index (κ3) is 3.82. The lowest BCUT2D eigenvalue weighted by Crippen LogP contribution is -2.33. The molecule has 0 saturated heterocycles. The average Bonchev–Trinajstić information content (AvgIpc) is 2.71. The third-order valence-electron chi connectivity index (χ3n) is 3.95. The maximum Gasteiger partial charge on any atom is 0.346 e. The molecule has 1 aliphatic heterocycles. The number of carbonyl (C=O) groups is 1. The SMILES string of the molecule is O=C(Cn1nc2n(c1=O)CCCCC2)NCc1cccc(Cl)c1. The van der Waals surface area contributed by atoms with Crippen molar-refractivity contribution in [1.82, 2.24) is 19.7 Å². The Labute approximate surface area is 139 Å². The standard InChI is InChI=1S/C16H19ClN4O2/c17-13-6-4-5-12(9-13)10-18-15(22)11-21-16(23)20-8-3-1-2-7-14(20)19-21/h4-6,9H,1-3,7-8,10-11H2,(H,18,22). The Bertz CT molecular complexity index is 766. The molecular weight excluding hydrogens is 316 g/mol. The van der Waals surface area contributed by atoms with E-state index >= 15 is 0 Å². The lowest BCUT2D eigenvalue weighted by molar-refractivity contribution is -0.122. The summed E-state index contributed by atoms with van der Waals surface area (Å²) in [7, 11) is 0. The van der Waals surface area contributed by atoms with Crippen LogP contribution in [0.3, 0.4) is 0 Å². The Morgan fingerprint density at radius 2 is 2.17 bits per heavy atom. The first kappa shape index (κ1) is 15.8. The highest BCUT2D eigenvalue weighted by atomic mass is 35.5. The van der Waals surface area contributed by atoms with E-state index in [0.717, 1.165) is 37.1 Å². The molecule has 3 rings (SSSR count). The number of nitrogens with zero attached hydrogens (tertiary/aromatic N) is 3. The molecule has 2 aromatic rings. The van der Waals surface area contributed by atoms with E-state index in [0.29, 0.717) is 18.1 Å². The van der Waals surface area contributed by atoms with E-state index < -0.39 is 0 Å². The van der Waals surface area contributed by atoms with Crippen molar-refractivity contribution in [3.8, 4) is 0 Å². The molecule has 122 valence electrons. The van der Waals surface area contributed by atoms with Crippen LogP contribution in [0.5, 0.6) is 0 Å². The number of hydrogen-bond acceptors (Lipinski definition) is 3. The fourth-order valence-corrected chi connectivity index (χ4v) is 2.98. The first-order chi connectivity index (χ1) is 11.1. The number of hydrogen-bond donors (Lipinski definition) is 1. The van der Waals surface area contributed by atoms with E-state index in [1.54, 1.807) is 16.7 Å².